The number of amides is 1. The summed E-state index contributed by atoms with van der Waals surface area (Å²) in [5, 5.41) is 2.67. The highest BCUT2D eigenvalue weighted by molar-refractivity contribution is 8.00. The fraction of sp³-hybridized carbons (Fsp3) is 0.278. The van der Waals surface area contributed by atoms with E-state index in [9.17, 15) is 4.79 Å². The summed E-state index contributed by atoms with van der Waals surface area (Å²) in [6.07, 6.45) is 0. The van der Waals surface area contributed by atoms with Crippen LogP contribution >= 0.6 is 11.8 Å². The maximum absolute atomic E-state index is 12.6. The van der Waals surface area contributed by atoms with Gasteiger partial charge in [-0.3, -0.25) is 4.79 Å². The Hall–Kier alpha value is -1.78. The normalized spacial score (nSPS) is 12.7. The number of hydrogen-bond donors (Lipinski definition) is 2. The molecule has 3 nitrogen and oxygen atoms in total. The van der Waals surface area contributed by atoms with E-state index in [1.54, 1.807) is 11.8 Å². The van der Waals surface area contributed by atoms with Crippen LogP contribution < -0.4 is 11.1 Å². The lowest BCUT2D eigenvalue weighted by atomic mass is 10.1. The zero-order chi connectivity index (χ0) is 16.0. The van der Waals surface area contributed by atoms with Crippen LogP contribution in [0.15, 0.2) is 65.6 Å². The highest BCUT2D eigenvalue weighted by Crippen LogP contribution is 2.35. The van der Waals surface area contributed by atoms with Crippen LogP contribution in [-0.2, 0) is 4.79 Å². The molecule has 0 aliphatic carbocycles. The lowest BCUT2D eigenvalue weighted by Gasteiger charge is -2.22. The van der Waals surface area contributed by atoms with E-state index in [-0.39, 0.29) is 11.2 Å². The molecular weight excluding hydrogens is 292 g/mol. The summed E-state index contributed by atoms with van der Waals surface area (Å²) in [4.78, 5) is 13.7. The Kier molecular flexibility index (Phi) is 5.63. The summed E-state index contributed by atoms with van der Waals surface area (Å²) < 4.78 is 0. The lowest BCUT2D eigenvalue weighted by Crippen LogP contribution is -2.46. The number of rotatable bonds is 6. The Balaban J connectivity index is 2.17. The highest BCUT2D eigenvalue weighted by Gasteiger charge is 2.23. The van der Waals surface area contributed by atoms with Crippen molar-refractivity contribution in [1.82, 2.24) is 5.32 Å². The van der Waals surface area contributed by atoms with Crippen molar-refractivity contribution >= 4 is 17.7 Å². The van der Waals surface area contributed by atoms with Gasteiger partial charge in [0.05, 0.1) is 0 Å². The Labute approximate surface area is 136 Å². The van der Waals surface area contributed by atoms with E-state index in [0.717, 1.165) is 10.5 Å². The van der Waals surface area contributed by atoms with E-state index in [1.165, 1.54) is 0 Å². The van der Waals surface area contributed by atoms with Gasteiger partial charge in [-0.1, -0.05) is 48.5 Å². The molecule has 0 heterocycles. The van der Waals surface area contributed by atoms with E-state index in [2.05, 4.69) is 5.32 Å². The molecule has 0 bridgehead atoms. The summed E-state index contributed by atoms with van der Waals surface area (Å²) in [6.45, 7) is 4.24. The zero-order valence-electron chi connectivity index (χ0n) is 13.0. The zero-order valence-corrected chi connectivity index (χ0v) is 13.8. The Bertz CT molecular complexity index is 593. The molecule has 4 heteroatoms. The third kappa shape index (κ3) is 5.20. The Morgan fingerprint density at radius 1 is 1.09 bits per heavy atom. The van der Waals surface area contributed by atoms with E-state index in [4.69, 9.17) is 5.73 Å². The van der Waals surface area contributed by atoms with Gasteiger partial charge in [0.25, 0.3) is 0 Å². The minimum atomic E-state index is -0.422. The fourth-order valence-electron chi connectivity index (χ4n) is 1.94. The van der Waals surface area contributed by atoms with Gasteiger partial charge in [0, 0.05) is 17.0 Å². The van der Waals surface area contributed by atoms with Crippen LogP contribution in [0.5, 0.6) is 0 Å². The van der Waals surface area contributed by atoms with Gasteiger partial charge in [0.15, 0.2) is 0 Å². The van der Waals surface area contributed by atoms with E-state index >= 15 is 0 Å². The van der Waals surface area contributed by atoms with Gasteiger partial charge in [0.2, 0.25) is 5.91 Å². The van der Waals surface area contributed by atoms with Gasteiger partial charge in [-0.05, 0) is 31.5 Å². The molecule has 2 aromatic carbocycles. The first kappa shape index (κ1) is 16.6. The number of thioether (sulfide) groups is 1. The fourth-order valence-corrected chi connectivity index (χ4v) is 3.01. The smallest absolute Gasteiger partial charge is 0.238 e. The van der Waals surface area contributed by atoms with Crippen LogP contribution in [0.2, 0.25) is 0 Å². The minimum absolute atomic E-state index is 0.0152. The molecule has 0 saturated carbocycles. The third-order valence-electron chi connectivity index (χ3n) is 3.06. The van der Waals surface area contributed by atoms with Crippen molar-refractivity contribution in [1.29, 1.82) is 0 Å². The molecule has 0 radical (unpaired) electrons. The molecule has 0 aromatic heterocycles. The van der Waals surface area contributed by atoms with Crippen molar-refractivity contribution in [2.45, 2.75) is 29.5 Å². The molecular formula is C18H22N2OS. The first-order chi connectivity index (χ1) is 10.5. The van der Waals surface area contributed by atoms with Gasteiger partial charge in [-0.15, -0.1) is 11.8 Å². The average Bonchev–Trinajstić information content (AvgIpc) is 2.51. The molecule has 2 aromatic rings. The molecule has 22 heavy (non-hydrogen) atoms. The topological polar surface area (TPSA) is 55.1 Å². The molecule has 0 aliphatic heterocycles. The van der Waals surface area contributed by atoms with Crippen molar-refractivity contribution in [3.05, 3.63) is 66.2 Å². The molecule has 3 N–H and O–H groups in total. The molecule has 1 unspecified atom stereocenters. The number of hydrogen-bond acceptors (Lipinski definition) is 3. The van der Waals surface area contributed by atoms with Crippen molar-refractivity contribution in [3.63, 3.8) is 0 Å². The quantitative estimate of drug-likeness (QED) is 0.804. The SMILES string of the molecule is CC(C)(N)CNC(=O)C(Sc1ccccc1)c1ccccc1. The van der Waals surface area contributed by atoms with Crippen LogP contribution in [0.4, 0.5) is 0 Å². The Morgan fingerprint density at radius 2 is 1.64 bits per heavy atom. The predicted octanol–water partition coefficient (Wildman–Crippen LogP) is 3.37. The molecule has 116 valence electrons. The standard InChI is InChI=1S/C18H22N2OS/c1-18(2,19)13-20-17(21)16(14-9-5-3-6-10-14)22-15-11-7-4-8-12-15/h3-12,16H,13,19H2,1-2H3,(H,20,21). The summed E-state index contributed by atoms with van der Waals surface area (Å²) in [7, 11) is 0. The molecule has 1 atom stereocenters. The lowest BCUT2D eigenvalue weighted by molar-refractivity contribution is -0.120. The van der Waals surface area contributed by atoms with Gasteiger partial charge in [-0.25, -0.2) is 0 Å². The van der Waals surface area contributed by atoms with Gasteiger partial charge in [0.1, 0.15) is 5.25 Å². The third-order valence-corrected chi connectivity index (χ3v) is 4.32. The average molecular weight is 314 g/mol. The largest absolute Gasteiger partial charge is 0.353 e. The molecule has 0 spiro atoms. The van der Waals surface area contributed by atoms with Crippen LogP contribution in [0, 0.1) is 0 Å². The maximum atomic E-state index is 12.6. The number of nitrogens with one attached hydrogen (secondary N) is 1. The van der Waals surface area contributed by atoms with Gasteiger partial charge < -0.3 is 11.1 Å². The Morgan fingerprint density at radius 3 is 2.18 bits per heavy atom. The summed E-state index contributed by atoms with van der Waals surface area (Å²) in [5.74, 6) is -0.0152. The number of benzene rings is 2. The van der Waals surface area contributed by atoms with E-state index in [0.29, 0.717) is 6.54 Å². The number of nitrogens with two attached hydrogens (primary N) is 1. The van der Waals surface area contributed by atoms with Crippen molar-refractivity contribution < 1.29 is 4.79 Å². The van der Waals surface area contributed by atoms with Crippen molar-refractivity contribution in [3.8, 4) is 0 Å². The van der Waals surface area contributed by atoms with Gasteiger partial charge >= 0.3 is 0 Å². The first-order valence-corrected chi connectivity index (χ1v) is 8.17. The molecule has 2 rings (SSSR count). The molecule has 0 fully saturated rings. The number of carbonyl (C=O) groups excluding carboxylic acids is 1. The second kappa shape index (κ2) is 7.47. The summed E-state index contributed by atoms with van der Waals surface area (Å²) in [6, 6.07) is 19.8. The van der Waals surface area contributed by atoms with Crippen LogP contribution in [0.3, 0.4) is 0 Å². The highest BCUT2D eigenvalue weighted by atomic mass is 32.2. The molecule has 1 amide bonds. The van der Waals surface area contributed by atoms with E-state index < -0.39 is 5.54 Å². The predicted molar refractivity (Wildman–Crippen MR) is 92.8 cm³/mol. The number of carbonyl (C=O) groups is 1. The maximum Gasteiger partial charge on any atom is 0.238 e. The van der Waals surface area contributed by atoms with Crippen LogP contribution in [0.25, 0.3) is 0 Å². The van der Waals surface area contributed by atoms with Gasteiger partial charge in [-0.2, -0.15) is 0 Å². The second-order valence-electron chi connectivity index (χ2n) is 5.93. The molecule has 0 aliphatic rings. The van der Waals surface area contributed by atoms with Crippen molar-refractivity contribution in [2.24, 2.45) is 5.73 Å². The monoisotopic (exact) mass is 314 g/mol. The minimum Gasteiger partial charge on any atom is -0.353 e. The van der Waals surface area contributed by atoms with Crippen molar-refractivity contribution in [2.75, 3.05) is 6.54 Å². The summed E-state index contributed by atoms with van der Waals surface area (Å²) in [5.41, 5.74) is 6.52. The van der Waals surface area contributed by atoms with E-state index in [1.807, 2.05) is 74.5 Å². The first-order valence-electron chi connectivity index (χ1n) is 7.29. The molecule has 0 saturated heterocycles. The van der Waals surface area contributed by atoms with Crippen LogP contribution in [-0.4, -0.2) is 18.0 Å². The summed E-state index contributed by atoms with van der Waals surface area (Å²) >= 11 is 1.55. The van der Waals surface area contributed by atoms with Crippen LogP contribution in [0.1, 0.15) is 24.7 Å². The second-order valence-corrected chi connectivity index (χ2v) is 7.11.